The van der Waals surface area contributed by atoms with Crippen LogP contribution in [0.3, 0.4) is 0 Å². The lowest BCUT2D eigenvalue weighted by atomic mass is 10.1. The quantitative estimate of drug-likeness (QED) is 0.734. The second-order valence-corrected chi connectivity index (χ2v) is 4.64. The highest BCUT2D eigenvalue weighted by molar-refractivity contribution is 5.84. The molecule has 0 aliphatic carbocycles. The molecule has 0 saturated carbocycles. The molecule has 5 N–H and O–H groups in total. The average Bonchev–Trinajstić information content (AvgIpc) is 2.38. The molecule has 1 atom stereocenters. The van der Waals surface area contributed by atoms with Crippen molar-refractivity contribution >= 4 is 23.4 Å². The molecule has 0 saturated heterocycles. The second kappa shape index (κ2) is 7.45. The molecule has 6 nitrogen and oxygen atoms in total. The van der Waals surface area contributed by atoms with E-state index in [1.54, 1.807) is 12.1 Å². The number of rotatable bonds is 6. The van der Waals surface area contributed by atoms with Crippen LogP contribution in [-0.2, 0) is 4.74 Å². The van der Waals surface area contributed by atoms with Crippen molar-refractivity contribution in [1.82, 2.24) is 4.98 Å². The minimum absolute atomic E-state index is 0.189. The zero-order valence-electron chi connectivity index (χ0n) is 11.5. The van der Waals surface area contributed by atoms with Crippen LogP contribution in [0, 0.1) is 5.92 Å². The molecule has 0 fully saturated rings. The van der Waals surface area contributed by atoms with Crippen molar-refractivity contribution in [2.24, 2.45) is 5.92 Å². The predicted molar refractivity (Wildman–Crippen MR) is 76.7 cm³/mol. The Hall–Kier alpha value is -1.98. The van der Waals surface area contributed by atoms with Gasteiger partial charge in [-0.2, -0.15) is 0 Å². The number of amides is 1. The van der Waals surface area contributed by atoms with Crippen molar-refractivity contribution < 1.29 is 9.53 Å². The number of nitrogens with zero attached hydrogens (tertiary/aromatic N) is 1. The van der Waals surface area contributed by atoms with Crippen LogP contribution in [0.25, 0.3) is 0 Å². The summed E-state index contributed by atoms with van der Waals surface area (Å²) in [5.74, 6) is 0.877. The number of pyridine rings is 1. The summed E-state index contributed by atoms with van der Waals surface area (Å²) in [5.41, 5.74) is 11.5. The van der Waals surface area contributed by atoms with E-state index in [9.17, 15) is 4.79 Å². The first-order valence-electron chi connectivity index (χ1n) is 6.48. The van der Waals surface area contributed by atoms with Gasteiger partial charge in [0.05, 0.1) is 12.3 Å². The smallest absolute Gasteiger partial charge is 0.412 e. The van der Waals surface area contributed by atoms with Gasteiger partial charge in [0.15, 0.2) is 0 Å². The molecule has 0 aromatic carbocycles. The largest absolute Gasteiger partial charge is 0.449 e. The van der Waals surface area contributed by atoms with Crippen LogP contribution in [0.4, 0.5) is 22.1 Å². The number of hydrogen-bond donors (Lipinski definition) is 3. The normalized spacial score (nSPS) is 11.9. The van der Waals surface area contributed by atoms with Gasteiger partial charge < -0.3 is 16.2 Å². The minimum atomic E-state index is -0.528. The van der Waals surface area contributed by atoms with E-state index in [-0.39, 0.29) is 5.82 Å². The first-order valence-corrected chi connectivity index (χ1v) is 6.48. The molecule has 0 bridgehead atoms. The van der Waals surface area contributed by atoms with Gasteiger partial charge in [0.2, 0.25) is 0 Å². The van der Waals surface area contributed by atoms with E-state index in [1.807, 2.05) is 0 Å². The molecule has 19 heavy (non-hydrogen) atoms. The van der Waals surface area contributed by atoms with Gasteiger partial charge in [0, 0.05) is 0 Å². The number of carbonyl (C=O) groups excluding carboxylic acids is 1. The number of carbonyl (C=O) groups is 1. The van der Waals surface area contributed by atoms with Gasteiger partial charge in [-0.25, -0.2) is 9.78 Å². The second-order valence-electron chi connectivity index (χ2n) is 4.64. The monoisotopic (exact) mass is 266 g/mol. The third kappa shape index (κ3) is 5.46. The zero-order valence-corrected chi connectivity index (χ0v) is 11.5. The molecule has 1 aromatic heterocycles. The fourth-order valence-corrected chi connectivity index (χ4v) is 1.55. The Labute approximate surface area is 113 Å². The average molecular weight is 266 g/mol. The van der Waals surface area contributed by atoms with Gasteiger partial charge in [-0.1, -0.05) is 26.7 Å². The summed E-state index contributed by atoms with van der Waals surface area (Å²) in [6.07, 6.45) is 2.81. The van der Waals surface area contributed by atoms with Crippen molar-refractivity contribution in [1.29, 1.82) is 0 Å². The summed E-state index contributed by atoms with van der Waals surface area (Å²) < 4.78 is 5.11. The highest BCUT2D eigenvalue weighted by atomic mass is 16.5. The maximum absolute atomic E-state index is 11.5. The van der Waals surface area contributed by atoms with Gasteiger partial charge >= 0.3 is 6.09 Å². The van der Waals surface area contributed by atoms with Crippen LogP contribution in [-0.4, -0.2) is 17.7 Å². The SMILES string of the molecule is CCCCC(C)COC(=O)Nc1ccc(N)c(N)n1. The minimum Gasteiger partial charge on any atom is -0.449 e. The number of aromatic nitrogens is 1. The summed E-state index contributed by atoms with van der Waals surface area (Å²) in [6, 6.07) is 3.16. The van der Waals surface area contributed by atoms with E-state index in [2.05, 4.69) is 24.1 Å². The summed E-state index contributed by atoms with van der Waals surface area (Å²) in [7, 11) is 0. The van der Waals surface area contributed by atoms with Crippen molar-refractivity contribution in [2.75, 3.05) is 23.4 Å². The lowest BCUT2D eigenvalue weighted by Gasteiger charge is -2.12. The number of nitrogen functional groups attached to an aromatic ring is 2. The molecule has 1 aromatic rings. The Morgan fingerprint density at radius 2 is 2.21 bits per heavy atom. The Kier molecular flexibility index (Phi) is 5.92. The molecule has 6 heteroatoms. The molecule has 0 radical (unpaired) electrons. The van der Waals surface area contributed by atoms with Crippen LogP contribution >= 0.6 is 0 Å². The number of nitrogens with two attached hydrogens (primary N) is 2. The maximum atomic E-state index is 11.5. The fraction of sp³-hybridized carbons (Fsp3) is 0.538. The number of anilines is 3. The maximum Gasteiger partial charge on any atom is 0.412 e. The van der Waals surface area contributed by atoms with Gasteiger partial charge in [-0.05, 0) is 24.5 Å². The highest BCUT2D eigenvalue weighted by Gasteiger charge is 2.08. The number of ether oxygens (including phenoxy) is 1. The van der Waals surface area contributed by atoms with E-state index in [0.717, 1.165) is 19.3 Å². The molecule has 1 heterocycles. The summed E-state index contributed by atoms with van der Waals surface area (Å²) in [5, 5.41) is 2.51. The van der Waals surface area contributed by atoms with Crippen LogP contribution in [0.5, 0.6) is 0 Å². The molecule has 0 aliphatic heterocycles. The van der Waals surface area contributed by atoms with E-state index in [0.29, 0.717) is 24.0 Å². The van der Waals surface area contributed by atoms with Crippen LogP contribution in [0.15, 0.2) is 12.1 Å². The zero-order chi connectivity index (χ0) is 14.3. The molecular formula is C13H22N4O2. The topological polar surface area (TPSA) is 103 Å². The molecule has 0 aliphatic rings. The van der Waals surface area contributed by atoms with E-state index in [1.165, 1.54) is 0 Å². The van der Waals surface area contributed by atoms with E-state index < -0.39 is 6.09 Å². The van der Waals surface area contributed by atoms with E-state index in [4.69, 9.17) is 16.2 Å². The van der Waals surface area contributed by atoms with Crippen molar-refractivity contribution in [3.05, 3.63) is 12.1 Å². The first kappa shape index (κ1) is 15.1. The van der Waals surface area contributed by atoms with Gasteiger partial charge in [-0.3, -0.25) is 5.32 Å². The highest BCUT2D eigenvalue weighted by Crippen LogP contribution is 2.15. The first-order chi connectivity index (χ1) is 9.02. The standard InChI is InChI=1S/C13H22N4O2/c1-3-4-5-9(2)8-19-13(18)17-11-7-6-10(14)12(15)16-11/h6-7,9H,3-5,8,14H2,1-2H3,(H3,15,16,17,18). The van der Waals surface area contributed by atoms with Gasteiger partial charge in [0.25, 0.3) is 0 Å². The van der Waals surface area contributed by atoms with Crippen molar-refractivity contribution in [3.63, 3.8) is 0 Å². The molecule has 1 rings (SSSR count). The number of hydrogen-bond acceptors (Lipinski definition) is 5. The number of unbranched alkanes of at least 4 members (excludes halogenated alkanes) is 1. The Bertz CT molecular complexity index is 423. The molecule has 0 spiro atoms. The lowest BCUT2D eigenvalue weighted by molar-refractivity contribution is 0.141. The Morgan fingerprint density at radius 3 is 2.84 bits per heavy atom. The van der Waals surface area contributed by atoms with Crippen molar-refractivity contribution in [3.8, 4) is 0 Å². The Balaban J connectivity index is 2.36. The fourth-order valence-electron chi connectivity index (χ4n) is 1.55. The Morgan fingerprint density at radius 1 is 1.47 bits per heavy atom. The number of nitrogens with one attached hydrogen (secondary N) is 1. The lowest BCUT2D eigenvalue weighted by Crippen LogP contribution is -2.18. The molecule has 1 amide bonds. The van der Waals surface area contributed by atoms with Crippen LogP contribution in [0.2, 0.25) is 0 Å². The summed E-state index contributed by atoms with van der Waals surface area (Å²) >= 11 is 0. The molecule has 1 unspecified atom stereocenters. The van der Waals surface area contributed by atoms with Crippen LogP contribution < -0.4 is 16.8 Å². The summed E-state index contributed by atoms with van der Waals surface area (Å²) in [4.78, 5) is 15.5. The van der Waals surface area contributed by atoms with Gasteiger partial charge in [-0.15, -0.1) is 0 Å². The molecular weight excluding hydrogens is 244 g/mol. The molecule has 106 valence electrons. The third-order valence-corrected chi connectivity index (χ3v) is 2.74. The third-order valence-electron chi connectivity index (χ3n) is 2.74. The van der Waals surface area contributed by atoms with E-state index >= 15 is 0 Å². The summed E-state index contributed by atoms with van der Waals surface area (Å²) in [6.45, 7) is 4.59. The van der Waals surface area contributed by atoms with Gasteiger partial charge in [0.1, 0.15) is 11.6 Å². The predicted octanol–water partition coefficient (Wildman–Crippen LogP) is 2.62. The van der Waals surface area contributed by atoms with Crippen LogP contribution in [0.1, 0.15) is 33.1 Å². The van der Waals surface area contributed by atoms with Crippen molar-refractivity contribution in [2.45, 2.75) is 33.1 Å².